The molecule has 0 unspecified atom stereocenters. The first-order chi connectivity index (χ1) is 12.3. The van der Waals surface area contributed by atoms with Gasteiger partial charge >= 0.3 is 6.18 Å². The molecule has 1 aliphatic carbocycles. The fourth-order valence-electron chi connectivity index (χ4n) is 3.28. The monoisotopic (exact) mass is 368 g/mol. The lowest BCUT2D eigenvalue weighted by atomic mass is 9.89. The van der Waals surface area contributed by atoms with Crippen molar-refractivity contribution in [2.75, 3.05) is 5.32 Å². The van der Waals surface area contributed by atoms with Crippen molar-refractivity contribution < 1.29 is 22.4 Å². The third-order valence-electron chi connectivity index (χ3n) is 4.61. The first-order valence-electron chi connectivity index (χ1n) is 8.38. The van der Waals surface area contributed by atoms with Crippen LogP contribution in [0, 0.1) is 11.7 Å². The van der Waals surface area contributed by atoms with Gasteiger partial charge in [-0.1, -0.05) is 0 Å². The largest absolute Gasteiger partial charge is 0.408 e. The van der Waals surface area contributed by atoms with Gasteiger partial charge < -0.3 is 5.32 Å². The van der Waals surface area contributed by atoms with Crippen LogP contribution in [0.25, 0.3) is 0 Å². The van der Waals surface area contributed by atoms with Crippen molar-refractivity contribution in [3.8, 4) is 0 Å². The third-order valence-corrected chi connectivity index (χ3v) is 4.61. The molecule has 1 saturated carbocycles. The number of benzene rings is 1. The molecule has 2 heterocycles. The van der Waals surface area contributed by atoms with E-state index in [1.54, 1.807) is 0 Å². The molecule has 0 spiro atoms. The topological polar surface area (TPSA) is 59.8 Å². The molecule has 138 valence electrons. The van der Waals surface area contributed by atoms with Crippen LogP contribution in [0.4, 0.5) is 23.2 Å². The van der Waals surface area contributed by atoms with E-state index < -0.39 is 24.5 Å². The van der Waals surface area contributed by atoms with Crippen molar-refractivity contribution in [3.05, 3.63) is 41.2 Å². The normalized spacial score (nSPS) is 20.0. The number of nitrogens with zero attached hydrogens (tertiary/aromatic N) is 3. The highest BCUT2D eigenvalue weighted by atomic mass is 19.4. The number of hydrogen-bond donors (Lipinski definition) is 1. The van der Waals surface area contributed by atoms with Gasteiger partial charge in [0, 0.05) is 18.5 Å². The van der Waals surface area contributed by atoms with Gasteiger partial charge in [0.25, 0.3) is 0 Å². The molecule has 1 aromatic heterocycles. The zero-order valence-electron chi connectivity index (χ0n) is 13.7. The number of alkyl halides is 3. The summed E-state index contributed by atoms with van der Waals surface area (Å²) in [5.41, 5.74) is 0.802. The van der Waals surface area contributed by atoms with Gasteiger partial charge in [-0.25, -0.2) is 14.1 Å². The molecule has 2 aromatic rings. The van der Waals surface area contributed by atoms with E-state index in [1.165, 1.54) is 18.2 Å². The predicted molar refractivity (Wildman–Crippen MR) is 84.0 cm³/mol. The Morgan fingerprint density at radius 3 is 2.73 bits per heavy atom. The highest BCUT2D eigenvalue weighted by molar-refractivity contribution is 5.95. The number of rotatable bonds is 4. The van der Waals surface area contributed by atoms with Gasteiger partial charge in [-0.15, -0.1) is 0 Å². The molecule has 26 heavy (non-hydrogen) atoms. The quantitative estimate of drug-likeness (QED) is 0.842. The van der Waals surface area contributed by atoms with E-state index >= 15 is 0 Å². The average Bonchev–Trinajstić information content (AvgIpc) is 3.26. The maximum Gasteiger partial charge on any atom is 0.408 e. The number of anilines is 1. The maximum atomic E-state index is 13.7. The van der Waals surface area contributed by atoms with Gasteiger partial charge in [0.15, 0.2) is 5.82 Å². The van der Waals surface area contributed by atoms with Gasteiger partial charge in [-0.05, 0) is 42.5 Å². The second-order valence-electron chi connectivity index (χ2n) is 6.84. The number of carbonyl (C=O) groups is 1. The second kappa shape index (κ2) is 6.07. The van der Waals surface area contributed by atoms with Crippen LogP contribution in [0.1, 0.15) is 42.4 Å². The lowest BCUT2D eigenvalue weighted by Gasteiger charge is -2.25. The third kappa shape index (κ3) is 3.56. The lowest BCUT2D eigenvalue weighted by molar-refractivity contribution is -0.143. The van der Waals surface area contributed by atoms with Crippen LogP contribution in [0.2, 0.25) is 0 Å². The summed E-state index contributed by atoms with van der Waals surface area (Å²) in [6.07, 6.45) is -2.02. The number of aromatic nitrogens is 3. The second-order valence-corrected chi connectivity index (χ2v) is 6.84. The number of amides is 1. The van der Waals surface area contributed by atoms with E-state index in [4.69, 9.17) is 0 Å². The van der Waals surface area contributed by atoms with E-state index in [9.17, 15) is 22.4 Å². The Labute approximate surface area is 146 Å². The Morgan fingerprint density at radius 1 is 1.27 bits per heavy atom. The van der Waals surface area contributed by atoms with Gasteiger partial charge in [0.05, 0.1) is 5.92 Å². The van der Waals surface area contributed by atoms with Crippen molar-refractivity contribution in [1.29, 1.82) is 0 Å². The van der Waals surface area contributed by atoms with Crippen LogP contribution < -0.4 is 5.32 Å². The fourth-order valence-corrected chi connectivity index (χ4v) is 3.28. The smallest absolute Gasteiger partial charge is 0.326 e. The van der Waals surface area contributed by atoms with Crippen molar-refractivity contribution in [2.24, 2.45) is 5.92 Å². The summed E-state index contributed by atoms with van der Waals surface area (Å²) in [6.45, 7) is -1.29. The Balaban J connectivity index is 1.77. The minimum absolute atomic E-state index is 0.0553. The zero-order valence-corrected chi connectivity index (χ0v) is 13.7. The molecule has 1 fully saturated rings. The molecule has 0 saturated heterocycles. The first-order valence-corrected chi connectivity index (χ1v) is 8.38. The number of fused-ring (bicyclic) bond motifs is 1. The van der Waals surface area contributed by atoms with Crippen molar-refractivity contribution in [1.82, 2.24) is 14.8 Å². The van der Waals surface area contributed by atoms with Crippen LogP contribution >= 0.6 is 0 Å². The number of halogens is 4. The van der Waals surface area contributed by atoms with Crippen LogP contribution in [0.3, 0.4) is 0 Å². The molecule has 0 radical (unpaired) electrons. The summed E-state index contributed by atoms with van der Waals surface area (Å²) in [4.78, 5) is 16.3. The molecule has 4 rings (SSSR count). The molecule has 1 aromatic carbocycles. The Bertz CT molecular complexity index is 857. The molecule has 1 N–H and O–H groups in total. The summed E-state index contributed by atoms with van der Waals surface area (Å²) in [5, 5.41) is 6.65. The Hall–Kier alpha value is -2.45. The summed E-state index contributed by atoms with van der Waals surface area (Å²) in [7, 11) is 0. The van der Waals surface area contributed by atoms with E-state index in [2.05, 4.69) is 15.4 Å². The van der Waals surface area contributed by atoms with Crippen LogP contribution in [0.15, 0.2) is 18.2 Å². The van der Waals surface area contributed by atoms with E-state index in [1.807, 2.05) is 0 Å². The zero-order chi connectivity index (χ0) is 18.5. The minimum Gasteiger partial charge on any atom is -0.326 e. The summed E-state index contributed by atoms with van der Waals surface area (Å²) < 4.78 is 53.5. The van der Waals surface area contributed by atoms with Gasteiger partial charge in [-0.3, -0.25) is 4.79 Å². The lowest BCUT2D eigenvalue weighted by Crippen LogP contribution is -2.27. The van der Waals surface area contributed by atoms with Crippen LogP contribution in [0.5, 0.6) is 0 Å². The van der Waals surface area contributed by atoms with E-state index in [-0.39, 0.29) is 18.2 Å². The van der Waals surface area contributed by atoms with Crippen molar-refractivity contribution >= 4 is 11.6 Å². The Kier molecular flexibility index (Phi) is 3.96. The molecule has 9 heteroatoms. The number of hydrogen-bond acceptors (Lipinski definition) is 3. The van der Waals surface area contributed by atoms with E-state index in [0.29, 0.717) is 29.4 Å². The maximum absolute atomic E-state index is 13.7. The molecular weight excluding hydrogens is 352 g/mol. The molecular formula is C17H16F4N4O. The summed E-state index contributed by atoms with van der Waals surface area (Å²) in [5.74, 6) is -0.832. The summed E-state index contributed by atoms with van der Waals surface area (Å²) >= 11 is 0. The van der Waals surface area contributed by atoms with E-state index in [0.717, 1.165) is 17.5 Å². The first kappa shape index (κ1) is 17.0. The highest BCUT2D eigenvalue weighted by Gasteiger charge is 2.36. The van der Waals surface area contributed by atoms with Gasteiger partial charge in [0.2, 0.25) is 5.91 Å². The average molecular weight is 368 g/mol. The van der Waals surface area contributed by atoms with Gasteiger partial charge in [-0.2, -0.15) is 18.3 Å². The molecule has 2 aliphatic rings. The SMILES string of the molecule is O=C1C[C@@H](c2nc(CC3CC3)nn2CC(F)(F)F)c2cc(F)ccc2N1. The number of carbonyl (C=O) groups excluding carboxylic acids is 1. The molecule has 0 bridgehead atoms. The van der Waals surface area contributed by atoms with Crippen molar-refractivity contribution in [3.63, 3.8) is 0 Å². The standard InChI is InChI=1S/C17H16F4N4O/c18-10-3-4-13-11(6-10)12(7-15(26)22-13)16-23-14(5-9-1-2-9)24-25(16)8-17(19,20)21/h3-4,6,9,12H,1-2,5,7-8H2,(H,22,26)/t12-/m1/s1. The molecule has 5 nitrogen and oxygen atoms in total. The molecule has 1 amide bonds. The highest BCUT2D eigenvalue weighted by Crippen LogP contribution is 2.38. The minimum atomic E-state index is -4.47. The van der Waals surface area contributed by atoms with Crippen LogP contribution in [-0.4, -0.2) is 26.8 Å². The summed E-state index contributed by atoms with van der Waals surface area (Å²) in [6, 6.07) is 3.83. The number of nitrogens with one attached hydrogen (secondary N) is 1. The fraction of sp³-hybridized carbons (Fsp3) is 0.471. The van der Waals surface area contributed by atoms with Gasteiger partial charge in [0.1, 0.15) is 18.2 Å². The predicted octanol–water partition coefficient (Wildman–Crippen LogP) is 3.41. The Morgan fingerprint density at radius 2 is 2.04 bits per heavy atom. The van der Waals surface area contributed by atoms with Crippen molar-refractivity contribution in [2.45, 2.75) is 44.3 Å². The molecule has 1 atom stereocenters. The van der Waals surface area contributed by atoms with Crippen LogP contribution in [-0.2, 0) is 17.8 Å². The molecule has 1 aliphatic heterocycles.